The SMILES string of the molecule is CCNc1ncnc(-c2ccc(F)c(C(F)(F)F)c2)c1C. The van der Waals surface area contributed by atoms with Crippen molar-refractivity contribution in [1.82, 2.24) is 9.97 Å². The van der Waals surface area contributed by atoms with Gasteiger partial charge in [-0.3, -0.25) is 0 Å². The van der Waals surface area contributed by atoms with Crippen molar-refractivity contribution < 1.29 is 17.6 Å². The molecule has 0 aliphatic heterocycles. The summed E-state index contributed by atoms with van der Waals surface area (Å²) in [6.45, 7) is 4.19. The molecule has 0 fully saturated rings. The monoisotopic (exact) mass is 299 g/mol. The van der Waals surface area contributed by atoms with Crippen LogP contribution in [0.1, 0.15) is 18.1 Å². The molecule has 0 atom stereocenters. The van der Waals surface area contributed by atoms with E-state index in [1.165, 1.54) is 12.4 Å². The maximum atomic E-state index is 13.3. The summed E-state index contributed by atoms with van der Waals surface area (Å²) in [7, 11) is 0. The Bertz CT molecular complexity index is 653. The number of halogens is 4. The number of aromatic nitrogens is 2. The Kier molecular flexibility index (Phi) is 4.11. The summed E-state index contributed by atoms with van der Waals surface area (Å²) in [5, 5.41) is 2.99. The van der Waals surface area contributed by atoms with E-state index in [9.17, 15) is 17.6 Å². The second-order valence-electron chi connectivity index (χ2n) is 4.42. The fourth-order valence-corrected chi connectivity index (χ4v) is 1.98. The van der Waals surface area contributed by atoms with Crippen molar-refractivity contribution in [1.29, 1.82) is 0 Å². The van der Waals surface area contributed by atoms with Crippen LogP contribution in [0.5, 0.6) is 0 Å². The van der Waals surface area contributed by atoms with Crippen LogP contribution < -0.4 is 5.32 Å². The Balaban J connectivity index is 2.55. The molecule has 0 radical (unpaired) electrons. The average Bonchev–Trinajstić information content (AvgIpc) is 2.41. The lowest BCUT2D eigenvalue weighted by molar-refractivity contribution is -0.139. The molecular weight excluding hydrogens is 286 g/mol. The number of nitrogens with zero attached hydrogens (tertiary/aromatic N) is 2. The Morgan fingerprint density at radius 2 is 1.90 bits per heavy atom. The number of rotatable bonds is 3. The third kappa shape index (κ3) is 3.12. The summed E-state index contributed by atoms with van der Waals surface area (Å²) < 4.78 is 51.6. The van der Waals surface area contributed by atoms with E-state index < -0.39 is 17.6 Å². The van der Waals surface area contributed by atoms with E-state index in [0.29, 0.717) is 23.6 Å². The molecule has 2 rings (SSSR count). The van der Waals surface area contributed by atoms with Crippen molar-refractivity contribution in [3.8, 4) is 11.3 Å². The first-order valence-electron chi connectivity index (χ1n) is 6.27. The lowest BCUT2D eigenvalue weighted by atomic mass is 10.0. The van der Waals surface area contributed by atoms with Crippen LogP contribution in [0.2, 0.25) is 0 Å². The molecule has 21 heavy (non-hydrogen) atoms. The average molecular weight is 299 g/mol. The van der Waals surface area contributed by atoms with Crippen molar-refractivity contribution >= 4 is 5.82 Å². The maximum absolute atomic E-state index is 13.3. The van der Waals surface area contributed by atoms with Gasteiger partial charge >= 0.3 is 6.18 Å². The van der Waals surface area contributed by atoms with Gasteiger partial charge in [0.2, 0.25) is 0 Å². The van der Waals surface area contributed by atoms with Gasteiger partial charge in [-0.05, 0) is 32.0 Å². The summed E-state index contributed by atoms with van der Waals surface area (Å²) >= 11 is 0. The zero-order chi connectivity index (χ0) is 15.6. The van der Waals surface area contributed by atoms with Crippen molar-refractivity contribution in [2.45, 2.75) is 20.0 Å². The van der Waals surface area contributed by atoms with Crippen LogP contribution in [0.3, 0.4) is 0 Å². The molecule has 1 aromatic carbocycles. The summed E-state index contributed by atoms with van der Waals surface area (Å²) in [5.74, 6) is -0.759. The van der Waals surface area contributed by atoms with Crippen molar-refractivity contribution in [2.24, 2.45) is 0 Å². The first-order valence-corrected chi connectivity index (χ1v) is 6.27. The molecule has 1 heterocycles. The summed E-state index contributed by atoms with van der Waals surface area (Å²) in [6, 6.07) is 2.84. The molecule has 0 spiro atoms. The smallest absolute Gasteiger partial charge is 0.370 e. The van der Waals surface area contributed by atoms with E-state index in [1.54, 1.807) is 6.92 Å². The predicted molar refractivity (Wildman–Crippen MR) is 71.3 cm³/mol. The van der Waals surface area contributed by atoms with Crippen molar-refractivity contribution in [2.75, 3.05) is 11.9 Å². The fraction of sp³-hybridized carbons (Fsp3) is 0.286. The van der Waals surface area contributed by atoms with Gasteiger partial charge in [-0.25, -0.2) is 14.4 Å². The molecule has 1 N–H and O–H groups in total. The number of hydrogen-bond donors (Lipinski definition) is 1. The summed E-state index contributed by atoms with van der Waals surface area (Å²) in [6.07, 6.45) is -3.48. The molecule has 7 heteroatoms. The van der Waals surface area contributed by atoms with Crippen LogP contribution in [0.25, 0.3) is 11.3 Å². The Morgan fingerprint density at radius 3 is 2.52 bits per heavy atom. The molecule has 3 nitrogen and oxygen atoms in total. The zero-order valence-corrected chi connectivity index (χ0v) is 11.4. The van der Waals surface area contributed by atoms with Crippen molar-refractivity contribution in [3.05, 3.63) is 41.5 Å². The Hall–Kier alpha value is -2.18. The second kappa shape index (κ2) is 5.67. The van der Waals surface area contributed by atoms with Gasteiger partial charge in [0.25, 0.3) is 0 Å². The summed E-state index contributed by atoms with van der Waals surface area (Å²) in [4.78, 5) is 8.03. The lowest BCUT2D eigenvalue weighted by Crippen LogP contribution is -2.09. The van der Waals surface area contributed by atoms with E-state index in [0.717, 1.165) is 12.1 Å². The summed E-state index contributed by atoms with van der Waals surface area (Å²) in [5.41, 5.74) is -0.156. The zero-order valence-electron chi connectivity index (χ0n) is 11.4. The quantitative estimate of drug-likeness (QED) is 0.869. The highest BCUT2D eigenvalue weighted by molar-refractivity contribution is 5.68. The van der Waals surface area contributed by atoms with Gasteiger partial charge in [0.15, 0.2) is 0 Å². The third-order valence-electron chi connectivity index (χ3n) is 2.97. The molecule has 0 bridgehead atoms. The highest BCUT2D eigenvalue weighted by atomic mass is 19.4. The minimum absolute atomic E-state index is 0.197. The van der Waals surface area contributed by atoms with Gasteiger partial charge in [0.05, 0.1) is 11.3 Å². The maximum Gasteiger partial charge on any atom is 0.419 e. The normalized spacial score (nSPS) is 11.5. The number of anilines is 1. The minimum Gasteiger partial charge on any atom is -0.370 e. The second-order valence-corrected chi connectivity index (χ2v) is 4.42. The first kappa shape index (κ1) is 15.2. The van der Waals surface area contributed by atoms with E-state index in [4.69, 9.17) is 0 Å². The fourth-order valence-electron chi connectivity index (χ4n) is 1.98. The number of benzene rings is 1. The Labute approximate surface area is 119 Å². The van der Waals surface area contributed by atoms with Gasteiger partial charge < -0.3 is 5.32 Å². The van der Waals surface area contributed by atoms with Gasteiger partial charge in [-0.2, -0.15) is 13.2 Å². The number of hydrogen-bond acceptors (Lipinski definition) is 3. The molecule has 1 aromatic heterocycles. The molecule has 0 amide bonds. The highest BCUT2D eigenvalue weighted by Crippen LogP contribution is 2.35. The number of alkyl halides is 3. The van der Waals surface area contributed by atoms with Crippen LogP contribution in [-0.2, 0) is 6.18 Å². The largest absolute Gasteiger partial charge is 0.419 e. The van der Waals surface area contributed by atoms with E-state index >= 15 is 0 Å². The van der Waals surface area contributed by atoms with Crippen LogP contribution in [0.4, 0.5) is 23.4 Å². The van der Waals surface area contributed by atoms with Crippen molar-refractivity contribution in [3.63, 3.8) is 0 Å². The standard InChI is InChI=1S/C14H13F4N3/c1-3-19-13-8(2)12(20-7-21-13)9-4-5-11(15)10(6-9)14(16,17)18/h4-7H,3H2,1-2H3,(H,19,20,21). The lowest BCUT2D eigenvalue weighted by Gasteiger charge is -2.13. The van der Waals surface area contributed by atoms with Gasteiger partial charge in [-0.1, -0.05) is 0 Å². The molecule has 112 valence electrons. The Morgan fingerprint density at radius 1 is 1.19 bits per heavy atom. The van der Waals surface area contributed by atoms with Gasteiger partial charge in [0.1, 0.15) is 18.0 Å². The molecule has 0 saturated heterocycles. The van der Waals surface area contributed by atoms with E-state index in [1.807, 2.05) is 6.92 Å². The van der Waals surface area contributed by atoms with Gasteiger partial charge in [0, 0.05) is 17.7 Å². The van der Waals surface area contributed by atoms with Crippen LogP contribution in [0.15, 0.2) is 24.5 Å². The molecule has 0 aliphatic carbocycles. The third-order valence-corrected chi connectivity index (χ3v) is 2.97. The van der Waals surface area contributed by atoms with Crippen LogP contribution >= 0.6 is 0 Å². The molecule has 0 aliphatic rings. The molecule has 0 saturated carbocycles. The predicted octanol–water partition coefficient (Wildman–Crippen LogP) is 4.04. The molecule has 0 unspecified atom stereocenters. The first-order chi connectivity index (χ1) is 9.84. The molecule has 2 aromatic rings. The highest BCUT2D eigenvalue weighted by Gasteiger charge is 2.34. The topological polar surface area (TPSA) is 37.8 Å². The van der Waals surface area contributed by atoms with Crippen LogP contribution in [0, 0.1) is 12.7 Å². The van der Waals surface area contributed by atoms with E-state index in [2.05, 4.69) is 15.3 Å². The van der Waals surface area contributed by atoms with E-state index in [-0.39, 0.29) is 5.56 Å². The van der Waals surface area contributed by atoms with Crippen LogP contribution in [-0.4, -0.2) is 16.5 Å². The number of nitrogens with one attached hydrogen (secondary N) is 1. The minimum atomic E-state index is -4.74. The van der Waals surface area contributed by atoms with Gasteiger partial charge in [-0.15, -0.1) is 0 Å². The molecular formula is C14H13F4N3.